The fourth-order valence-corrected chi connectivity index (χ4v) is 3.88. The number of amides is 2. The fourth-order valence-electron chi connectivity index (χ4n) is 3.88. The molecular formula is C28H29N5O3. The minimum atomic E-state index is -0.487. The molecule has 1 heterocycles. The lowest BCUT2D eigenvalue weighted by Gasteiger charge is -2.20. The molecule has 8 heteroatoms. The van der Waals surface area contributed by atoms with Crippen molar-refractivity contribution in [3.8, 4) is 5.69 Å². The maximum Gasteiger partial charge on any atom is 0.291 e. The van der Waals surface area contributed by atoms with E-state index >= 15 is 0 Å². The van der Waals surface area contributed by atoms with Crippen molar-refractivity contribution in [1.82, 2.24) is 20.0 Å². The summed E-state index contributed by atoms with van der Waals surface area (Å²) in [4.78, 5) is 39.0. The fraction of sp³-hybridized carbons (Fsp3) is 0.179. The van der Waals surface area contributed by atoms with E-state index in [9.17, 15) is 14.4 Å². The van der Waals surface area contributed by atoms with Gasteiger partial charge in [0.05, 0.1) is 24.0 Å². The maximum absolute atomic E-state index is 13.3. The zero-order valence-electron chi connectivity index (χ0n) is 20.2. The van der Waals surface area contributed by atoms with E-state index in [4.69, 9.17) is 0 Å². The summed E-state index contributed by atoms with van der Waals surface area (Å²) in [6.45, 7) is 1.46. The van der Waals surface area contributed by atoms with Crippen molar-refractivity contribution >= 4 is 17.5 Å². The lowest BCUT2D eigenvalue weighted by Crippen LogP contribution is -2.38. The number of carbonyl (C=O) groups is 2. The van der Waals surface area contributed by atoms with Crippen LogP contribution >= 0.6 is 0 Å². The standard InChI is InChI=1S/C28H29N5O3/c1-20(29-2)27(35)30-24-18-32(23-16-10-5-11-17-23)33(28(24)36)19-25(34)31-26(21-12-6-3-7-13-21)22-14-8-4-9-15-22/h3-18,20,26,29H,19H2,1-2H3,(H,30,35)(H,31,34)/t20-/m0/s1. The highest BCUT2D eigenvalue weighted by Crippen LogP contribution is 2.22. The molecule has 0 unspecified atom stereocenters. The third-order valence-corrected chi connectivity index (χ3v) is 5.95. The molecule has 0 bridgehead atoms. The van der Waals surface area contributed by atoms with Gasteiger partial charge < -0.3 is 16.0 Å². The van der Waals surface area contributed by atoms with Gasteiger partial charge in [-0.05, 0) is 37.2 Å². The number of benzene rings is 3. The van der Waals surface area contributed by atoms with E-state index in [1.165, 1.54) is 10.9 Å². The first-order valence-electron chi connectivity index (χ1n) is 11.7. The normalized spacial score (nSPS) is 11.8. The number of anilines is 1. The Bertz CT molecular complexity index is 1330. The smallest absolute Gasteiger partial charge is 0.291 e. The topological polar surface area (TPSA) is 97.2 Å². The van der Waals surface area contributed by atoms with Crippen molar-refractivity contribution in [2.45, 2.75) is 25.6 Å². The van der Waals surface area contributed by atoms with Gasteiger partial charge in [-0.2, -0.15) is 0 Å². The van der Waals surface area contributed by atoms with Gasteiger partial charge >= 0.3 is 0 Å². The molecule has 1 aromatic heterocycles. The summed E-state index contributed by atoms with van der Waals surface area (Å²) in [6, 6.07) is 27.7. The SMILES string of the molecule is CN[C@@H](C)C(=O)Nc1cn(-c2ccccc2)n(CC(=O)NC(c2ccccc2)c2ccccc2)c1=O. The molecule has 8 nitrogen and oxygen atoms in total. The highest BCUT2D eigenvalue weighted by molar-refractivity contribution is 5.94. The molecule has 0 spiro atoms. The molecule has 4 rings (SSSR count). The van der Waals surface area contributed by atoms with Crippen molar-refractivity contribution in [2.24, 2.45) is 0 Å². The number of hydrogen-bond donors (Lipinski definition) is 3. The Morgan fingerprint density at radius 1 is 0.833 bits per heavy atom. The predicted octanol–water partition coefficient (Wildman–Crippen LogP) is 3.09. The maximum atomic E-state index is 13.3. The number of aromatic nitrogens is 2. The Balaban J connectivity index is 1.66. The summed E-state index contributed by atoms with van der Waals surface area (Å²) in [5, 5.41) is 8.59. The molecule has 0 fully saturated rings. The van der Waals surface area contributed by atoms with Crippen molar-refractivity contribution in [3.05, 3.63) is 119 Å². The molecule has 0 radical (unpaired) electrons. The van der Waals surface area contributed by atoms with Crippen LogP contribution in [-0.2, 0) is 16.1 Å². The van der Waals surface area contributed by atoms with Crippen LogP contribution < -0.4 is 21.5 Å². The van der Waals surface area contributed by atoms with Crippen molar-refractivity contribution in [1.29, 1.82) is 0 Å². The van der Waals surface area contributed by atoms with E-state index < -0.39 is 11.6 Å². The van der Waals surface area contributed by atoms with Crippen LogP contribution in [0.5, 0.6) is 0 Å². The minimum absolute atomic E-state index is 0.0985. The highest BCUT2D eigenvalue weighted by Gasteiger charge is 2.21. The van der Waals surface area contributed by atoms with Crippen molar-refractivity contribution < 1.29 is 9.59 Å². The number of para-hydroxylation sites is 1. The number of nitrogens with one attached hydrogen (secondary N) is 3. The predicted molar refractivity (Wildman–Crippen MR) is 140 cm³/mol. The van der Waals surface area contributed by atoms with Crippen molar-refractivity contribution in [2.75, 3.05) is 12.4 Å². The van der Waals surface area contributed by atoms with Gasteiger partial charge in [0.25, 0.3) is 5.56 Å². The van der Waals surface area contributed by atoms with Gasteiger partial charge in [0.1, 0.15) is 12.2 Å². The Kier molecular flexibility index (Phi) is 7.77. The van der Waals surface area contributed by atoms with E-state index in [0.717, 1.165) is 11.1 Å². The van der Waals surface area contributed by atoms with E-state index in [0.29, 0.717) is 5.69 Å². The molecule has 0 aliphatic rings. The van der Waals surface area contributed by atoms with E-state index in [-0.39, 0.29) is 30.1 Å². The molecule has 0 aliphatic heterocycles. The first kappa shape index (κ1) is 24.7. The molecular weight excluding hydrogens is 454 g/mol. The van der Waals surface area contributed by atoms with Crippen LogP contribution in [-0.4, -0.2) is 34.3 Å². The van der Waals surface area contributed by atoms with Crippen LogP contribution in [0.1, 0.15) is 24.1 Å². The van der Waals surface area contributed by atoms with E-state index in [1.807, 2.05) is 91.0 Å². The number of carbonyl (C=O) groups excluding carboxylic acids is 2. The Hall–Kier alpha value is -4.43. The first-order chi connectivity index (χ1) is 17.5. The summed E-state index contributed by atoms with van der Waals surface area (Å²) in [6.07, 6.45) is 1.54. The van der Waals surface area contributed by atoms with Crippen molar-refractivity contribution in [3.63, 3.8) is 0 Å². The molecule has 0 saturated carbocycles. The monoisotopic (exact) mass is 483 g/mol. The van der Waals surface area contributed by atoms with Crippen LogP contribution in [0, 0.1) is 0 Å². The molecule has 1 atom stereocenters. The minimum Gasteiger partial charge on any atom is -0.344 e. The summed E-state index contributed by atoms with van der Waals surface area (Å²) in [7, 11) is 1.66. The second kappa shape index (κ2) is 11.3. The Labute approximate surface area is 209 Å². The van der Waals surface area contributed by atoms with Crippen LogP contribution in [0.2, 0.25) is 0 Å². The Morgan fingerprint density at radius 2 is 1.36 bits per heavy atom. The number of hydrogen-bond acceptors (Lipinski definition) is 4. The van der Waals surface area contributed by atoms with E-state index in [1.54, 1.807) is 18.7 Å². The van der Waals surface area contributed by atoms with Crippen LogP contribution in [0.15, 0.2) is 102 Å². The zero-order chi connectivity index (χ0) is 25.5. The largest absolute Gasteiger partial charge is 0.344 e. The average molecular weight is 484 g/mol. The summed E-state index contributed by atoms with van der Waals surface area (Å²) < 4.78 is 2.90. The lowest BCUT2D eigenvalue weighted by molar-refractivity contribution is -0.122. The summed E-state index contributed by atoms with van der Waals surface area (Å²) >= 11 is 0. The average Bonchev–Trinajstić information content (AvgIpc) is 3.22. The molecule has 184 valence electrons. The second-order valence-electron chi connectivity index (χ2n) is 8.41. The van der Waals surface area contributed by atoms with Gasteiger partial charge in [-0.3, -0.25) is 19.1 Å². The van der Waals surface area contributed by atoms with Gasteiger partial charge in [0.2, 0.25) is 11.8 Å². The molecule has 0 saturated heterocycles. The molecule has 0 aliphatic carbocycles. The zero-order valence-corrected chi connectivity index (χ0v) is 20.2. The number of nitrogens with zero attached hydrogens (tertiary/aromatic N) is 2. The summed E-state index contributed by atoms with van der Waals surface area (Å²) in [5.74, 6) is -0.684. The van der Waals surface area contributed by atoms with Gasteiger partial charge in [0.15, 0.2) is 0 Å². The van der Waals surface area contributed by atoms with E-state index in [2.05, 4.69) is 16.0 Å². The summed E-state index contributed by atoms with van der Waals surface area (Å²) in [5.41, 5.74) is 2.17. The number of rotatable bonds is 9. The van der Waals surface area contributed by atoms with Crippen LogP contribution in [0.3, 0.4) is 0 Å². The van der Waals surface area contributed by atoms with Crippen LogP contribution in [0.25, 0.3) is 5.69 Å². The molecule has 36 heavy (non-hydrogen) atoms. The highest BCUT2D eigenvalue weighted by atomic mass is 16.2. The number of likely N-dealkylation sites (N-methyl/N-ethyl adjacent to an activating group) is 1. The van der Waals surface area contributed by atoms with Gasteiger partial charge in [0, 0.05) is 0 Å². The molecule has 2 amide bonds. The molecule has 3 N–H and O–H groups in total. The van der Waals surface area contributed by atoms with Gasteiger partial charge in [-0.1, -0.05) is 78.9 Å². The van der Waals surface area contributed by atoms with Gasteiger partial charge in [-0.15, -0.1) is 0 Å². The molecule has 4 aromatic rings. The Morgan fingerprint density at radius 3 is 1.89 bits per heavy atom. The second-order valence-corrected chi connectivity index (χ2v) is 8.41. The third kappa shape index (κ3) is 5.61. The van der Waals surface area contributed by atoms with Gasteiger partial charge in [-0.25, -0.2) is 4.68 Å². The quantitative estimate of drug-likeness (QED) is 0.341. The molecule has 3 aromatic carbocycles. The van der Waals surface area contributed by atoms with Crippen LogP contribution in [0.4, 0.5) is 5.69 Å². The lowest BCUT2D eigenvalue weighted by atomic mass is 9.99. The third-order valence-electron chi connectivity index (χ3n) is 5.95. The first-order valence-corrected chi connectivity index (χ1v) is 11.7.